The second-order valence-electron chi connectivity index (χ2n) is 4.99. The third-order valence-corrected chi connectivity index (χ3v) is 6.52. The molecule has 3 nitrogen and oxygen atoms in total. The first-order valence-electron chi connectivity index (χ1n) is 6.32. The van der Waals surface area contributed by atoms with Crippen LogP contribution in [0.2, 0.25) is 0 Å². The van der Waals surface area contributed by atoms with Gasteiger partial charge in [0.05, 0.1) is 11.5 Å². The highest BCUT2D eigenvalue weighted by Gasteiger charge is 2.31. The summed E-state index contributed by atoms with van der Waals surface area (Å²) in [6.45, 7) is 0. The first-order valence-corrected chi connectivity index (χ1v) is 9.13. The predicted molar refractivity (Wildman–Crippen MR) is 74.7 cm³/mol. The minimum absolute atomic E-state index is 0.135. The molecule has 98 valence electrons. The maximum atomic E-state index is 11.5. The molecule has 2 aliphatic rings. The zero-order valence-corrected chi connectivity index (χ0v) is 11.8. The van der Waals surface area contributed by atoms with Crippen molar-refractivity contribution < 1.29 is 8.42 Å². The lowest BCUT2D eigenvalue weighted by atomic mass is 10.0. The summed E-state index contributed by atoms with van der Waals surface area (Å²) in [5, 5.41) is 3.54. The van der Waals surface area contributed by atoms with Gasteiger partial charge in [-0.3, -0.25) is 0 Å². The first kappa shape index (κ1) is 12.5. The van der Waals surface area contributed by atoms with Gasteiger partial charge in [-0.25, -0.2) is 8.42 Å². The van der Waals surface area contributed by atoms with Gasteiger partial charge in [-0.05, 0) is 30.2 Å². The highest BCUT2D eigenvalue weighted by atomic mass is 32.2. The molecule has 2 atom stereocenters. The van der Waals surface area contributed by atoms with E-state index in [9.17, 15) is 8.42 Å². The van der Waals surface area contributed by atoms with Crippen LogP contribution in [0.5, 0.6) is 0 Å². The Labute approximate surface area is 112 Å². The van der Waals surface area contributed by atoms with E-state index in [0.29, 0.717) is 17.5 Å². The molecule has 0 spiro atoms. The normalized spacial score (nSPS) is 30.0. The van der Waals surface area contributed by atoms with Gasteiger partial charge in [0.2, 0.25) is 0 Å². The average molecular weight is 283 g/mol. The van der Waals surface area contributed by atoms with Crippen molar-refractivity contribution in [3.05, 3.63) is 29.8 Å². The Bertz CT molecular complexity index is 542. The van der Waals surface area contributed by atoms with Crippen molar-refractivity contribution in [1.82, 2.24) is 5.32 Å². The van der Waals surface area contributed by atoms with Gasteiger partial charge in [-0.2, -0.15) is 0 Å². The van der Waals surface area contributed by atoms with Crippen LogP contribution in [0.25, 0.3) is 0 Å². The SMILES string of the molecule is O=S1(=O)CCC(NC2CCSc3ccccc32)C1. The lowest BCUT2D eigenvalue weighted by molar-refractivity contribution is 0.444. The third-order valence-electron chi connectivity index (χ3n) is 3.63. The molecular formula is C13H17NO2S2. The summed E-state index contributed by atoms with van der Waals surface area (Å²) in [6, 6.07) is 8.89. The molecule has 2 aliphatic heterocycles. The predicted octanol–water partition coefficient (Wildman–Crippen LogP) is 2.00. The zero-order chi connectivity index (χ0) is 12.6. The van der Waals surface area contributed by atoms with E-state index in [2.05, 4.69) is 29.6 Å². The van der Waals surface area contributed by atoms with E-state index in [1.165, 1.54) is 10.5 Å². The quantitative estimate of drug-likeness (QED) is 0.902. The molecule has 0 saturated carbocycles. The highest BCUT2D eigenvalue weighted by molar-refractivity contribution is 7.99. The van der Waals surface area contributed by atoms with Crippen LogP contribution in [-0.2, 0) is 9.84 Å². The largest absolute Gasteiger partial charge is 0.306 e. The van der Waals surface area contributed by atoms with Crippen LogP contribution < -0.4 is 5.32 Å². The van der Waals surface area contributed by atoms with E-state index >= 15 is 0 Å². The van der Waals surface area contributed by atoms with Crippen molar-refractivity contribution in [2.45, 2.75) is 29.8 Å². The molecule has 0 aromatic heterocycles. The van der Waals surface area contributed by atoms with Crippen LogP contribution >= 0.6 is 11.8 Å². The summed E-state index contributed by atoms with van der Waals surface area (Å²) in [4.78, 5) is 1.34. The maximum Gasteiger partial charge on any atom is 0.151 e. The van der Waals surface area contributed by atoms with Crippen LogP contribution in [0.4, 0.5) is 0 Å². The van der Waals surface area contributed by atoms with Crippen LogP contribution in [0.15, 0.2) is 29.2 Å². The fraction of sp³-hybridized carbons (Fsp3) is 0.538. The summed E-state index contributed by atoms with van der Waals surface area (Å²) >= 11 is 1.89. The molecule has 18 heavy (non-hydrogen) atoms. The molecule has 0 aliphatic carbocycles. The van der Waals surface area contributed by atoms with Crippen LogP contribution in [0.3, 0.4) is 0 Å². The van der Waals surface area contributed by atoms with Gasteiger partial charge in [0.15, 0.2) is 9.84 Å². The molecule has 1 aromatic carbocycles. The number of nitrogens with one attached hydrogen (secondary N) is 1. The maximum absolute atomic E-state index is 11.5. The number of hydrogen-bond acceptors (Lipinski definition) is 4. The zero-order valence-electron chi connectivity index (χ0n) is 10.1. The smallest absolute Gasteiger partial charge is 0.151 e. The van der Waals surface area contributed by atoms with Gasteiger partial charge in [-0.1, -0.05) is 18.2 Å². The van der Waals surface area contributed by atoms with Gasteiger partial charge in [0.25, 0.3) is 0 Å². The van der Waals surface area contributed by atoms with E-state index in [1.54, 1.807) is 0 Å². The fourth-order valence-corrected chi connectivity index (χ4v) is 5.54. The minimum atomic E-state index is -2.79. The van der Waals surface area contributed by atoms with E-state index in [1.807, 2.05) is 11.8 Å². The first-order chi connectivity index (χ1) is 8.64. The molecule has 0 amide bonds. The molecule has 0 bridgehead atoms. The van der Waals surface area contributed by atoms with E-state index < -0.39 is 9.84 Å². The van der Waals surface area contributed by atoms with Crippen molar-refractivity contribution in [2.24, 2.45) is 0 Å². The van der Waals surface area contributed by atoms with E-state index in [-0.39, 0.29) is 6.04 Å². The summed E-state index contributed by atoms with van der Waals surface area (Å²) in [7, 11) is -2.79. The Morgan fingerprint density at radius 1 is 1.22 bits per heavy atom. The molecule has 2 heterocycles. The Kier molecular flexibility index (Phi) is 3.38. The molecule has 1 fully saturated rings. The topological polar surface area (TPSA) is 46.2 Å². The van der Waals surface area contributed by atoms with Crippen molar-refractivity contribution in [2.75, 3.05) is 17.3 Å². The van der Waals surface area contributed by atoms with Crippen molar-refractivity contribution >= 4 is 21.6 Å². The summed E-state index contributed by atoms with van der Waals surface area (Å²) in [5.74, 6) is 1.75. The van der Waals surface area contributed by atoms with Crippen molar-refractivity contribution in [3.63, 3.8) is 0 Å². The molecule has 1 aromatic rings. The number of thioether (sulfide) groups is 1. The van der Waals surface area contributed by atoms with Crippen molar-refractivity contribution in [1.29, 1.82) is 0 Å². The molecule has 3 rings (SSSR count). The standard InChI is InChI=1S/C13H17NO2S2/c15-18(16)8-6-10(9-18)14-12-5-7-17-13-4-2-1-3-11(12)13/h1-4,10,12,14H,5-9H2. The molecular weight excluding hydrogens is 266 g/mol. The fourth-order valence-electron chi connectivity index (χ4n) is 2.73. The molecule has 5 heteroatoms. The summed E-state index contributed by atoms with van der Waals surface area (Å²) in [5.41, 5.74) is 1.33. The van der Waals surface area contributed by atoms with Gasteiger partial charge in [0.1, 0.15) is 0 Å². The summed E-state index contributed by atoms with van der Waals surface area (Å²) < 4.78 is 23.0. The third kappa shape index (κ3) is 2.58. The van der Waals surface area contributed by atoms with Gasteiger partial charge < -0.3 is 5.32 Å². The number of rotatable bonds is 2. The number of fused-ring (bicyclic) bond motifs is 1. The van der Waals surface area contributed by atoms with Crippen molar-refractivity contribution in [3.8, 4) is 0 Å². The van der Waals surface area contributed by atoms with E-state index in [0.717, 1.165) is 18.6 Å². The Morgan fingerprint density at radius 2 is 2.06 bits per heavy atom. The molecule has 1 N–H and O–H groups in total. The highest BCUT2D eigenvalue weighted by Crippen LogP contribution is 2.36. The average Bonchev–Trinajstić information content (AvgIpc) is 2.69. The van der Waals surface area contributed by atoms with Gasteiger partial charge in [0, 0.05) is 17.0 Å². The van der Waals surface area contributed by atoms with Gasteiger partial charge in [-0.15, -0.1) is 11.8 Å². The van der Waals surface area contributed by atoms with Crippen LogP contribution in [-0.4, -0.2) is 31.7 Å². The van der Waals surface area contributed by atoms with E-state index in [4.69, 9.17) is 0 Å². The minimum Gasteiger partial charge on any atom is -0.306 e. The Hall–Kier alpha value is -0.520. The number of hydrogen-bond donors (Lipinski definition) is 1. The van der Waals surface area contributed by atoms with Crippen LogP contribution in [0.1, 0.15) is 24.4 Å². The number of benzene rings is 1. The second kappa shape index (κ2) is 4.87. The van der Waals surface area contributed by atoms with Crippen LogP contribution in [0, 0.1) is 0 Å². The monoisotopic (exact) mass is 283 g/mol. The lowest BCUT2D eigenvalue weighted by Gasteiger charge is -2.28. The summed E-state index contributed by atoms with van der Waals surface area (Å²) in [6.07, 6.45) is 1.84. The lowest BCUT2D eigenvalue weighted by Crippen LogP contribution is -2.35. The number of sulfone groups is 1. The van der Waals surface area contributed by atoms with Gasteiger partial charge >= 0.3 is 0 Å². The Balaban J connectivity index is 1.75. The second-order valence-corrected chi connectivity index (χ2v) is 8.36. The molecule has 0 radical (unpaired) electrons. The molecule has 1 saturated heterocycles. The molecule has 2 unspecified atom stereocenters. The Morgan fingerprint density at radius 3 is 2.83 bits per heavy atom.